The van der Waals surface area contributed by atoms with Gasteiger partial charge in [0, 0.05) is 23.4 Å². The second-order valence-corrected chi connectivity index (χ2v) is 7.12. The normalized spacial score (nSPS) is 13.1. The molecule has 1 heterocycles. The predicted octanol–water partition coefficient (Wildman–Crippen LogP) is 3.04. The molecule has 2 N–H and O–H groups in total. The molecule has 0 radical (unpaired) electrons. The van der Waals surface area contributed by atoms with Crippen molar-refractivity contribution in [1.29, 1.82) is 0 Å². The SMILES string of the molecule is CC(C)(O)CNCC(C)(C)c1ccc(Cl)s1. The fraction of sp³-hybridized carbons (Fsp3) is 0.667. The Bertz CT molecular complexity index is 341. The van der Waals surface area contributed by atoms with Crippen LogP contribution in [0.3, 0.4) is 0 Å². The summed E-state index contributed by atoms with van der Waals surface area (Å²) in [4.78, 5) is 1.26. The molecule has 0 bridgehead atoms. The number of halogens is 1. The highest BCUT2D eigenvalue weighted by Crippen LogP contribution is 2.31. The molecule has 0 amide bonds. The van der Waals surface area contributed by atoms with Gasteiger partial charge in [0.1, 0.15) is 0 Å². The van der Waals surface area contributed by atoms with Gasteiger partial charge in [0.15, 0.2) is 0 Å². The molecule has 0 aliphatic carbocycles. The molecule has 0 aromatic carbocycles. The zero-order chi connectivity index (χ0) is 12.4. The average Bonchev–Trinajstić information content (AvgIpc) is 2.49. The first-order valence-electron chi connectivity index (χ1n) is 5.40. The van der Waals surface area contributed by atoms with Gasteiger partial charge in [0.05, 0.1) is 9.94 Å². The third kappa shape index (κ3) is 4.42. The summed E-state index contributed by atoms with van der Waals surface area (Å²) in [5.41, 5.74) is -0.619. The molecule has 0 fully saturated rings. The molecule has 1 aromatic heterocycles. The van der Waals surface area contributed by atoms with Crippen LogP contribution in [0.25, 0.3) is 0 Å². The maximum atomic E-state index is 9.61. The van der Waals surface area contributed by atoms with E-state index in [1.165, 1.54) is 4.88 Å². The molecule has 16 heavy (non-hydrogen) atoms. The molecular weight excluding hydrogens is 242 g/mol. The van der Waals surface area contributed by atoms with Gasteiger partial charge in [-0.15, -0.1) is 11.3 Å². The van der Waals surface area contributed by atoms with Crippen molar-refractivity contribution in [2.75, 3.05) is 13.1 Å². The number of thiophene rings is 1. The van der Waals surface area contributed by atoms with Crippen LogP contribution in [0.1, 0.15) is 32.6 Å². The monoisotopic (exact) mass is 261 g/mol. The van der Waals surface area contributed by atoms with Crippen LogP contribution in [0.15, 0.2) is 12.1 Å². The predicted molar refractivity (Wildman–Crippen MR) is 71.5 cm³/mol. The molecule has 1 aromatic rings. The first-order valence-corrected chi connectivity index (χ1v) is 6.59. The number of aliphatic hydroxyl groups is 1. The third-order valence-electron chi connectivity index (χ3n) is 2.36. The summed E-state index contributed by atoms with van der Waals surface area (Å²) in [6, 6.07) is 4.00. The molecule has 0 saturated heterocycles. The summed E-state index contributed by atoms with van der Waals surface area (Å²) >= 11 is 7.55. The second kappa shape index (κ2) is 5.05. The van der Waals surface area contributed by atoms with E-state index in [0.717, 1.165) is 10.9 Å². The van der Waals surface area contributed by atoms with Crippen LogP contribution in [0, 0.1) is 0 Å². The number of hydrogen-bond acceptors (Lipinski definition) is 3. The van der Waals surface area contributed by atoms with Gasteiger partial charge >= 0.3 is 0 Å². The Hall–Kier alpha value is -0.0900. The Balaban J connectivity index is 2.52. The molecule has 0 saturated carbocycles. The van der Waals surface area contributed by atoms with E-state index in [2.05, 4.69) is 25.2 Å². The van der Waals surface area contributed by atoms with Crippen LogP contribution in [0.4, 0.5) is 0 Å². The van der Waals surface area contributed by atoms with Crippen molar-refractivity contribution in [2.24, 2.45) is 0 Å². The van der Waals surface area contributed by atoms with Crippen molar-refractivity contribution in [3.63, 3.8) is 0 Å². The van der Waals surface area contributed by atoms with Crippen LogP contribution >= 0.6 is 22.9 Å². The van der Waals surface area contributed by atoms with Crippen molar-refractivity contribution < 1.29 is 5.11 Å². The molecule has 1 rings (SSSR count). The summed E-state index contributed by atoms with van der Waals surface area (Å²) in [6.45, 7) is 9.37. The van der Waals surface area contributed by atoms with Crippen molar-refractivity contribution >= 4 is 22.9 Å². The maximum absolute atomic E-state index is 9.61. The summed E-state index contributed by atoms with van der Waals surface area (Å²) in [5, 5.41) is 12.9. The van der Waals surface area contributed by atoms with Crippen LogP contribution < -0.4 is 5.32 Å². The lowest BCUT2D eigenvalue weighted by Gasteiger charge is -2.26. The topological polar surface area (TPSA) is 32.3 Å². The maximum Gasteiger partial charge on any atom is 0.0931 e. The fourth-order valence-corrected chi connectivity index (χ4v) is 2.59. The van der Waals surface area contributed by atoms with E-state index in [0.29, 0.717) is 6.54 Å². The van der Waals surface area contributed by atoms with E-state index in [1.54, 1.807) is 25.2 Å². The zero-order valence-electron chi connectivity index (χ0n) is 10.3. The quantitative estimate of drug-likeness (QED) is 0.854. The molecule has 92 valence electrons. The highest BCUT2D eigenvalue weighted by molar-refractivity contribution is 7.16. The second-order valence-electron chi connectivity index (χ2n) is 5.40. The largest absolute Gasteiger partial charge is 0.389 e. The van der Waals surface area contributed by atoms with Crippen molar-refractivity contribution in [2.45, 2.75) is 38.7 Å². The fourth-order valence-electron chi connectivity index (χ4n) is 1.45. The van der Waals surface area contributed by atoms with E-state index in [9.17, 15) is 5.11 Å². The van der Waals surface area contributed by atoms with Gasteiger partial charge in [0.25, 0.3) is 0 Å². The standard InChI is InChI=1S/C12H20ClNOS/c1-11(2,7-14-8-12(3,4)15)9-5-6-10(13)16-9/h5-6,14-15H,7-8H2,1-4H3. The Morgan fingerprint density at radius 1 is 1.25 bits per heavy atom. The highest BCUT2D eigenvalue weighted by atomic mass is 35.5. The Morgan fingerprint density at radius 3 is 2.31 bits per heavy atom. The van der Waals surface area contributed by atoms with Gasteiger partial charge < -0.3 is 10.4 Å². The van der Waals surface area contributed by atoms with Crippen molar-refractivity contribution in [3.05, 3.63) is 21.3 Å². The molecule has 0 aliphatic heterocycles. The average molecular weight is 262 g/mol. The lowest BCUT2D eigenvalue weighted by molar-refractivity contribution is 0.0786. The zero-order valence-corrected chi connectivity index (χ0v) is 11.9. The van der Waals surface area contributed by atoms with E-state index >= 15 is 0 Å². The van der Waals surface area contributed by atoms with Crippen LogP contribution in [-0.4, -0.2) is 23.8 Å². The lowest BCUT2D eigenvalue weighted by atomic mass is 9.91. The summed E-state index contributed by atoms with van der Waals surface area (Å²) in [6.07, 6.45) is 0. The van der Waals surface area contributed by atoms with Crippen LogP contribution in [0.2, 0.25) is 4.34 Å². The van der Waals surface area contributed by atoms with E-state index in [1.807, 2.05) is 6.07 Å². The lowest BCUT2D eigenvalue weighted by Crippen LogP contribution is -2.40. The summed E-state index contributed by atoms with van der Waals surface area (Å²) in [5.74, 6) is 0. The van der Waals surface area contributed by atoms with Gasteiger partial charge in [-0.05, 0) is 26.0 Å². The first kappa shape index (κ1) is 14.0. The number of nitrogens with one attached hydrogen (secondary N) is 1. The Kier molecular flexibility index (Phi) is 4.41. The first-order chi connectivity index (χ1) is 7.21. The minimum atomic E-state index is -0.664. The minimum Gasteiger partial charge on any atom is -0.389 e. The van der Waals surface area contributed by atoms with Gasteiger partial charge in [-0.3, -0.25) is 0 Å². The van der Waals surface area contributed by atoms with Crippen LogP contribution in [-0.2, 0) is 5.41 Å². The molecule has 0 unspecified atom stereocenters. The van der Waals surface area contributed by atoms with Gasteiger partial charge in [-0.25, -0.2) is 0 Å². The van der Waals surface area contributed by atoms with Crippen LogP contribution in [0.5, 0.6) is 0 Å². The third-order valence-corrected chi connectivity index (χ3v) is 3.96. The molecule has 4 heteroatoms. The minimum absolute atomic E-state index is 0.0447. The molecular formula is C12H20ClNOS. The molecule has 2 nitrogen and oxygen atoms in total. The Labute approximate surface area is 107 Å². The van der Waals surface area contributed by atoms with E-state index < -0.39 is 5.60 Å². The summed E-state index contributed by atoms with van der Waals surface area (Å²) < 4.78 is 0.825. The molecule has 0 atom stereocenters. The van der Waals surface area contributed by atoms with Gasteiger partial charge in [-0.2, -0.15) is 0 Å². The molecule has 0 aliphatic rings. The summed E-state index contributed by atoms with van der Waals surface area (Å²) in [7, 11) is 0. The Morgan fingerprint density at radius 2 is 1.88 bits per heavy atom. The van der Waals surface area contributed by atoms with E-state index in [-0.39, 0.29) is 5.41 Å². The van der Waals surface area contributed by atoms with Gasteiger partial charge in [-0.1, -0.05) is 25.4 Å². The number of rotatable bonds is 5. The number of hydrogen-bond donors (Lipinski definition) is 2. The van der Waals surface area contributed by atoms with Crippen molar-refractivity contribution in [1.82, 2.24) is 5.32 Å². The smallest absolute Gasteiger partial charge is 0.0931 e. The van der Waals surface area contributed by atoms with Crippen molar-refractivity contribution in [3.8, 4) is 0 Å². The molecule has 0 spiro atoms. The van der Waals surface area contributed by atoms with Gasteiger partial charge in [0.2, 0.25) is 0 Å². The highest BCUT2D eigenvalue weighted by Gasteiger charge is 2.23. The van der Waals surface area contributed by atoms with E-state index in [4.69, 9.17) is 11.6 Å².